The Kier molecular flexibility index (Phi) is 7.38. The number of carbonyl (C=O) groups is 2. The van der Waals surface area contributed by atoms with Crippen molar-refractivity contribution >= 4 is 21.8 Å². The van der Waals surface area contributed by atoms with Crippen molar-refractivity contribution < 1.29 is 18.0 Å². The molecule has 2 N–H and O–H groups in total. The molecule has 1 aromatic carbocycles. The molecule has 2 rings (SSSR count). The first kappa shape index (κ1) is 21.4. The Hall–Kier alpha value is -1.93. The number of rotatable bonds is 7. The van der Waals surface area contributed by atoms with Crippen molar-refractivity contribution in [3.8, 4) is 0 Å². The van der Waals surface area contributed by atoms with E-state index in [9.17, 15) is 18.0 Å². The summed E-state index contributed by atoms with van der Waals surface area (Å²) in [5.41, 5.74) is 0.335. The second-order valence-corrected chi connectivity index (χ2v) is 8.93. The van der Waals surface area contributed by atoms with Gasteiger partial charge in [-0.2, -0.15) is 0 Å². The van der Waals surface area contributed by atoms with Gasteiger partial charge in [0, 0.05) is 37.2 Å². The minimum absolute atomic E-state index is 0.00431. The van der Waals surface area contributed by atoms with E-state index in [1.165, 1.54) is 12.1 Å². The lowest BCUT2D eigenvalue weighted by atomic mass is 10.0. The number of sulfonamides is 1. The molecular formula is C19H29N3O4S. The van der Waals surface area contributed by atoms with Gasteiger partial charge in [-0.1, -0.05) is 13.0 Å². The van der Waals surface area contributed by atoms with Crippen LogP contribution in [0.15, 0.2) is 29.2 Å². The highest BCUT2D eigenvalue weighted by atomic mass is 32.2. The highest BCUT2D eigenvalue weighted by Gasteiger charge is 2.26. The number of amides is 2. The first-order valence-electron chi connectivity index (χ1n) is 9.44. The molecule has 7 nitrogen and oxygen atoms in total. The Bertz CT molecular complexity index is 777. The molecule has 0 bridgehead atoms. The third-order valence-electron chi connectivity index (χ3n) is 4.33. The Labute approximate surface area is 161 Å². The normalized spacial score (nSPS) is 17.8. The molecule has 1 atom stereocenters. The van der Waals surface area contributed by atoms with Crippen molar-refractivity contribution in [2.45, 2.75) is 63.4 Å². The Morgan fingerprint density at radius 3 is 2.70 bits per heavy atom. The molecule has 0 saturated carbocycles. The molecule has 1 fully saturated rings. The van der Waals surface area contributed by atoms with E-state index in [1.807, 2.05) is 6.92 Å². The van der Waals surface area contributed by atoms with Crippen molar-refractivity contribution in [2.75, 3.05) is 13.1 Å². The summed E-state index contributed by atoms with van der Waals surface area (Å²) in [7, 11) is -3.66. The van der Waals surface area contributed by atoms with Crippen LogP contribution in [-0.2, 0) is 14.8 Å². The zero-order valence-electron chi connectivity index (χ0n) is 16.2. The number of carbonyl (C=O) groups excluding carboxylic acids is 2. The standard InChI is InChI=1S/C19H29N3O4S/c1-4-7-18(23)20-16-9-6-11-22(13-16)19(24)15-8-5-10-17(12-15)27(25,26)21-14(2)3/h5,8,10,12,14,16,21H,4,6-7,9,11,13H2,1-3H3,(H,20,23). The second kappa shape index (κ2) is 9.32. The number of nitrogens with one attached hydrogen (secondary N) is 2. The molecule has 27 heavy (non-hydrogen) atoms. The molecule has 1 aromatic rings. The number of piperidine rings is 1. The van der Waals surface area contributed by atoms with Crippen LogP contribution < -0.4 is 10.0 Å². The molecule has 1 heterocycles. The van der Waals surface area contributed by atoms with Crippen molar-refractivity contribution in [3.05, 3.63) is 29.8 Å². The maximum absolute atomic E-state index is 12.9. The number of nitrogens with zero attached hydrogens (tertiary/aromatic N) is 1. The topological polar surface area (TPSA) is 95.6 Å². The average Bonchev–Trinajstić information content (AvgIpc) is 2.60. The molecule has 8 heteroatoms. The van der Waals surface area contributed by atoms with Gasteiger partial charge in [0.05, 0.1) is 4.90 Å². The molecule has 1 unspecified atom stereocenters. The molecule has 1 saturated heterocycles. The third-order valence-corrected chi connectivity index (χ3v) is 5.99. The van der Waals surface area contributed by atoms with Crippen LogP contribution in [0, 0.1) is 0 Å². The first-order valence-corrected chi connectivity index (χ1v) is 10.9. The van der Waals surface area contributed by atoms with E-state index in [1.54, 1.807) is 30.9 Å². The molecule has 1 aliphatic rings. The maximum Gasteiger partial charge on any atom is 0.253 e. The van der Waals surface area contributed by atoms with Gasteiger partial charge in [0.1, 0.15) is 0 Å². The van der Waals surface area contributed by atoms with E-state index in [0.717, 1.165) is 19.3 Å². The van der Waals surface area contributed by atoms with E-state index in [-0.39, 0.29) is 28.8 Å². The number of benzene rings is 1. The van der Waals surface area contributed by atoms with Crippen LogP contribution in [0.1, 0.15) is 56.8 Å². The maximum atomic E-state index is 12.9. The van der Waals surface area contributed by atoms with Crippen LogP contribution in [-0.4, -0.2) is 50.3 Å². The van der Waals surface area contributed by atoms with Crippen LogP contribution in [0.5, 0.6) is 0 Å². The Balaban J connectivity index is 2.11. The van der Waals surface area contributed by atoms with Gasteiger partial charge in [-0.25, -0.2) is 13.1 Å². The van der Waals surface area contributed by atoms with Gasteiger partial charge in [-0.15, -0.1) is 0 Å². The number of hydrogen-bond donors (Lipinski definition) is 2. The molecule has 0 radical (unpaired) electrons. The van der Waals surface area contributed by atoms with E-state index in [4.69, 9.17) is 0 Å². The predicted molar refractivity (Wildman–Crippen MR) is 104 cm³/mol. The lowest BCUT2D eigenvalue weighted by Gasteiger charge is -2.33. The van der Waals surface area contributed by atoms with Gasteiger partial charge in [-0.05, 0) is 51.3 Å². The van der Waals surface area contributed by atoms with Crippen LogP contribution in [0.2, 0.25) is 0 Å². The fourth-order valence-electron chi connectivity index (χ4n) is 3.16. The summed E-state index contributed by atoms with van der Waals surface area (Å²) in [6.07, 6.45) is 2.90. The number of likely N-dealkylation sites (tertiary alicyclic amines) is 1. The van der Waals surface area contributed by atoms with Crippen LogP contribution >= 0.6 is 0 Å². The lowest BCUT2D eigenvalue weighted by molar-refractivity contribution is -0.122. The van der Waals surface area contributed by atoms with E-state index in [2.05, 4.69) is 10.0 Å². The fraction of sp³-hybridized carbons (Fsp3) is 0.579. The van der Waals surface area contributed by atoms with Gasteiger partial charge in [0.15, 0.2) is 0 Å². The number of hydrogen-bond acceptors (Lipinski definition) is 4. The van der Waals surface area contributed by atoms with Crippen LogP contribution in [0.3, 0.4) is 0 Å². The summed E-state index contributed by atoms with van der Waals surface area (Å²) >= 11 is 0. The van der Waals surface area contributed by atoms with Crippen LogP contribution in [0.25, 0.3) is 0 Å². The smallest absolute Gasteiger partial charge is 0.253 e. The summed E-state index contributed by atoms with van der Waals surface area (Å²) in [6, 6.07) is 5.79. The van der Waals surface area contributed by atoms with Crippen molar-refractivity contribution in [1.82, 2.24) is 14.9 Å². The largest absolute Gasteiger partial charge is 0.352 e. The van der Waals surface area contributed by atoms with E-state index >= 15 is 0 Å². The van der Waals surface area contributed by atoms with E-state index in [0.29, 0.717) is 25.1 Å². The molecule has 0 aliphatic carbocycles. The highest BCUT2D eigenvalue weighted by Crippen LogP contribution is 2.17. The molecule has 150 valence electrons. The zero-order valence-corrected chi connectivity index (χ0v) is 17.0. The van der Waals surface area contributed by atoms with E-state index < -0.39 is 10.0 Å². The Morgan fingerprint density at radius 2 is 2.04 bits per heavy atom. The highest BCUT2D eigenvalue weighted by molar-refractivity contribution is 7.89. The SMILES string of the molecule is CCCC(=O)NC1CCCN(C(=O)c2cccc(S(=O)(=O)NC(C)C)c2)C1. The van der Waals surface area contributed by atoms with Gasteiger partial charge < -0.3 is 10.2 Å². The average molecular weight is 396 g/mol. The molecular weight excluding hydrogens is 366 g/mol. The van der Waals surface area contributed by atoms with Crippen molar-refractivity contribution in [1.29, 1.82) is 0 Å². The summed E-state index contributed by atoms with van der Waals surface area (Å²) in [6.45, 7) is 6.47. The molecule has 0 aromatic heterocycles. The van der Waals surface area contributed by atoms with Gasteiger partial charge >= 0.3 is 0 Å². The fourth-order valence-corrected chi connectivity index (χ4v) is 4.46. The Morgan fingerprint density at radius 1 is 1.30 bits per heavy atom. The third kappa shape index (κ3) is 6.04. The predicted octanol–water partition coefficient (Wildman–Crippen LogP) is 1.89. The molecule has 1 aliphatic heterocycles. The first-order chi connectivity index (χ1) is 12.7. The van der Waals surface area contributed by atoms with Crippen LogP contribution in [0.4, 0.5) is 0 Å². The molecule has 2 amide bonds. The molecule has 0 spiro atoms. The second-order valence-electron chi connectivity index (χ2n) is 7.21. The minimum atomic E-state index is -3.66. The van der Waals surface area contributed by atoms with Crippen molar-refractivity contribution in [3.63, 3.8) is 0 Å². The summed E-state index contributed by atoms with van der Waals surface area (Å²) in [5, 5.41) is 2.97. The quantitative estimate of drug-likeness (QED) is 0.737. The lowest BCUT2D eigenvalue weighted by Crippen LogP contribution is -2.49. The summed E-state index contributed by atoms with van der Waals surface area (Å²) in [5.74, 6) is -0.212. The zero-order chi connectivity index (χ0) is 20.0. The monoisotopic (exact) mass is 395 g/mol. The van der Waals surface area contributed by atoms with Crippen molar-refractivity contribution in [2.24, 2.45) is 0 Å². The van der Waals surface area contributed by atoms with Gasteiger partial charge in [0.25, 0.3) is 5.91 Å². The summed E-state index contributed by atoms with van der Waals surface area (Å²) < 4.78 is 27.2. The van der Waals surface area contributed by atoms with Gasteiger partial charge in [0.2, 0.25) is 15.9 Å². The van der Waals surface area contributed by atoms with Gasteiger partial charge in [-0.3, -0.25) is 9.59 Å². The summed E-state index contributed by atoms with van der Waals surface area (Å²) in [4.78, 5) is 26.4. The minimum Gasteiger partial charge on any atom is -0.352 e.